The maximum Gasteiger partial charge on any atom is 0.296 e. The summed E-state index contributed by atoms with van der Waals surface area (Å²) in [6.07, 6.45) is 1.38. The number of aryl methyl sites for hydroxylation is 1. The zero-order chi connectivity index (χ0) is 15.2. The van der Waals surface area contributed by atoms with Gasteiger partial charge in [0.25, 0.3) is 5.91 Å². The van der Waals surface area contributed by atoms with E-state index in [0.29, 0.717) is 28.8 Å². The zero-order valence-corrected chi connectivity index (χ0v) is 12.4. The Labute approximate surface area is 131 Å². The maximum absolute atomic E-state index is 11.1. The highest BCUT2D eigenvalue weighted by molar-refractivity contribution is 6.42. The van der Waals surface area contributed by atoms with Crippen molar-refractivity contribution in [3.63, 3.8) is 0 Å². The van der Waals surface area contributed by atoms with Crippen molar-refractivity contribution < 1.29 is 14.5 Å². The molecule has 21 heavy (non-hydrogen) atoms. The van der Waals surface area contributed by atoms with E-state index in [1.807, 2.05) is 6.07 Å². The molecule has 6 nitrogen and oxygen atoms in total. The molecule has 0 fully saturated rings. The van der Waals surface area contributed by atoms with Gasteiger partial charge in [0.05, 0.1) is 10.0 Å². The largest absolute Gasteiger partial charge is 0.385 e. The molecule has 0 bridgehead atoms. The number of halogens is 2. The van der Waals surface area contributed by atoms with Crippen molar-refractivity contribution in [1.29, 1.82) is 0 Å². The first-order valence-corrected chi connectivity index (χ1v) is 6.94. The molecule has 1 heterocycles. The summed E-state index contributed by atoms with van der Waals surface area (Å²) in [6, 6.07) is 6.81. The Kier molecular flexibility index (Phi) is 5.44. The van der Waals surface area contributed by atoms with Crippen molar-refractivity contribution >= 4 is 34.8 Å². The van der Waals surface area contributed by atoms with Crippen LogP contribution in [0.1, 0.15) is 22.7 Å². The molecule has 1 aromatic heterocycles. The van der Waals surface area contributed by atoms with Gasteiger partial charge in [-0.2, -0.15) is 0 Å². The smallest absolute Gasteiger partial charge is 0.296 e. The topological polar surface area (TPSA) is 87.4 Å². The number of hydroxylamine groups is 1. The second-order valence-electron chi connectivity index (χ2n) is 4.28. The molecular formula is C13H13Cl2N3O3. The third-order valence-electron chi connectivity index (χ3n) is 2.74. The van der Waals surface area contributed by atoms with E-state index in [0.717, 1.165) is 12.1 Å². The average molecular weight is 330 g/mol. The fraction of sp³-hybridized carbons (Fsp3) is 0.231. The van der Waals surface area contributed by atoms with Gasteiger partial charge in [0.15, 0.2) is 5.69 Å². The first-order chi connectivity index (χ1) is 10.1. The molecule has 0 spiro atoms. The number of hydrogen-bond acceptors (Lipinski definition) is 5. The highest BCUT2D eigenvalue weighted by atomic mass is 35.5. The lowest BCUT2D eigenvalue weighted by molar-refractivity contribution is 0.0696. The Balaban J connectivity index is 1.78. The molecule has 1 amide bonds. The summed E-state index contributed by atoms with van der Waals surface area (Å²) in [7, 11) is 0. The SMILES string of the molecule is O=C(NO)c1cc(CCCNc2ccc(Cl)c(Cl)c2)on1. The third kappa shape index (κ3) is 4.35. The molecule has 0 atom stereocenters. The quantitative estimate of drug-likeness (QED) is 0.430. The predicted molar refractivity (Wildman–Crippen MR) is 79.0 cm³/mol. The highest BCUT2D eigenvalue weighted by Gasteiger charge is 2.11. The maximum atomic E-state index is 11.1. The molecule has 1 aromatic carbocycles. The molecule has 112 valence electrons. The number of carbonyl (C=O) groups is 1. The highest BCUT2D eigenvalue weighted by Crippen LogP contribution is 2.24. The van der Waals surface area contributed by atoms with Gasteiger partial charge in [-0.3, -0.25) is 10.0 Å². The van der Waals surface area contributed by atoms with Crippen LogP contribution >= 0.6 is 23.2 Å². The lowest BCUT2D eigenvalue weighted by Crippen LogP contribution is -2.18. The Hall–Kier alpha value is -1.76. The lowest BCUT2D eigenvalue weighted by atomic mass is 10.2. The summed E-state index contributed by atoms with van der Waals surface area (Å²) < 4.78 is 4.99. The van der Waals surface area contributed by atoms with Crippen LogP contribution < -0.4 is 10.8 Å². The minimum absolute atomic E-state index is 0.0462. The van der Waals surface area contributed by atoms with Crippen LogP contribution in [-0.2, 0) is 6.42 Å². The van der Waals surface area contributed by atoms with Gasteiger partial charge in [-0.25, -0.2) is 5.48 Å². The van der Waals surface area contributed by atoms with E-state index in [1.165, 1.54) is 11.5 Å². The van der Waals surface area contributed by atoms with Gasteiger partial charge in [0.1, 0.15) is 5.76 Å². The van der Waals surface area contributed by atoms with Crippen molar-refractivity contribution in [2.75, 3.05) is 11.9 Å². The fourth-order valence-corrected chi connectivity index (χ4v) is 1.99. The van der Waals surface area contributed by atoms with Crippen molar-refractivity contribution in [3.05, 3.63) is 45.8 Å². The standard InChI is InChI=1S/C13H13Cl2N3O3/c14-10-4-3-8(6-11(10)15)16-5-1-2-9-7-12(18-21-9)13(19)17-20/h3-4,6-7,16,20H,1-2,5H2,(H,17,19). The molecule has 0 aliphatic carbocycles. The molecule has 8 heteroatoms. The number of anilines is 1. The molecular weight excluding hydrogens is 317 g/mol. The summed E-state index contributed by atoms with van der Waals surface area (Å²) in [5.74, 6) is -0.122. The van der Waals surface area contributed by atoms with Crippen LogP contribution in [0.4, 0.5) is 5.69 Å². The van der Waals surface area contributed by atoms with Crippen molar-refractivity contribution in [3.8, 4) is 0 Å². The predicted octanol–water partition coefficient (Wildman–Crippen LogP) is 3.15. The van der Waals surface area contributed by atoms with Crippen LogP contribution in [0.25, 0.3) is 0 Å². The van der Waals surface area contributed by atoms with Crippen LogP contribution in [0.2, 0.25) is 10.0 Å². The van der Waals surface area contributed by atoms with Gasteiger partial charge in [-0.15, -0.1) is 0 Å². The first-order valence-electron chi connectivity index (χ1n) is 6.19. The van der Waals surface area contributed by atoms with E-state index < -0.39 is 5.91 Å². The number of benzene rings is 1. The first kappa shape index (κ1) is 15.6. The van der Waals surface area contributed by atoms with Gasteiger partial charge in [-0.1, -0.05) is 28.4 Å². The van der Waals surface area contributed by atoms with E-state index >= 15 is 0 Å². The molecule has 0 saturated carbocycles. The Morgan fingerprint density at radius 2 is 2.10 bits per heavy atom. The number of hydrogen-bond donors (Lipinski definition) is 3. The van der Waals surface area contributed by atoms with Crippen molar-refractivity contribution in [2.45, 2.75) is 12.8 Å². The van der Waals surface area contributed by atoms with Crippen LogP contribution in [0, 0.1) is 0 Å². The molecule has 0 radical (unpaired) electrons. The van der Waals surface area contributed by atoms with Gasteiger partial charge < -0.3 is 9.84 Å². The Morgan fingerprint density at radius 1 is 1.29 bits per heavy atom. The molecule has 0 aliphatic rings. The van der Waals surface area contributed by atoms with Gasteiger partial charge in [0.2, 0.25) is 0 Å². The van der Waals surface area contributed by atoms with Gasteiger partial charge in [0, 0.05) is 24.7 Å². The minimum Gasteiger partial charge on any atom is -0.385 e. The molecule has 2 aromatic rings. The summed E-state index contributed by atoms with van der Waals surface area (Å²) in [6.45, 7) is 0.695. The number of nitrogens with one attached hydrogen (secondary N) is 2. The number of nitrogens with zero attached hydrogens (tertiary/aromatic N) is 1. The molecule has 0 aliphatic heterocycles. The van der Waals surface area contributed by atoms with E-state index in [-0.39, 0.29) is 5.69 Å². The summed E-state index contributed by atoms with van der Waals surface area (Å²) in [5, 5.41) is 16.2. The summed E-state index contributed by atoms with van der Waals surface area (Å²) in [5.41, 5.74) is 2.42. The molecule has 3 N–H and O–H groups in total. The van der Waals surface area contributed by atoms with Gasteiger partial charge >= 0.3 is 0 Å². The monoisotopic (exact) mass is 329 g/mol. The summed E-state index contributed by atoms with van der Waals surface area (Å²) in [4.78, 5) is 11.1. The zero-order valence-electron chi connectivity index (χ0n) is 10.9. The number of aromatic nitrogens is 1. The van der Waals surface area contributed by atoms with Crippen molar-refractivity contribution in [1.82, 2.24) is 10.6 Å². The second-order valence-corrected chi connectivity index (χ2v) is 5.09. The number of rotatable bonds is 6. The lowest BCUT2D eigenvalue weighted by Gasteiger charge is -2.06. The van der Waals surface area contributed by atoms with E-state index in [9.17, 15) is 4.79 Å². The van der Waals surface area contributed by atoms with E-state index in [4.69, 9.17) is 32.9 Å². The van der Waals surface area contributed by atoms with Crippen LogP contribution in [0.3, 0.4) is 0 Å². The van der Waals surface area contributed by atoms with Crippen LogP contribution in [0.15, 0.2) is 28.8 Å². The number of carbonyl (C=O) groups excluding carboxylic acids is 1. The van der Waals surface area contributed by atoms with Crippen LogP contribution in [0.5, 0.6) is 0 Å². The Morgan fingerprint density at radius 3 is 2.81 bits per heavy atom. The van der Waals surface area contributed by atoms with E-state index in [2.05, 4.69) is 10.5 Å². The van der Waals surface area contributed by atoms with Crippen LogP contribution in [-0.4, -0.2) is 22.8 Å². The van der Waals surface area contributed by atoms with E-state index in [1.54, 1.807) is 12.1 Å². The normalized spacial score (nSPS) is 10.4. The molecule has 2 rings (SSSR count). The third-order valence-corrected chi connectivity index (χ3v) is 3.48. The van der Waals surface area contributed by atoms with Crippen molar-refractivity contribution in [2.24, 2.45) is 0 Å². The number of amides is 1. The molecule has 0 saturated heterocycles. The summed E-state index contributed by atoms with van der Waals surface area (Å²) >= 11 is 11.7. The van der Waals surface area contributed by atoms with Gasteiger partial charge in [-0.05, 0) is 24.6 Å². The minimum atomic E-state index is -0.695. The fourth-order valence-electron chi connectivity index (χ4n) is 1.70. The Bertz CT molecular complexity index is 631. The second kappa shape index (κ2) is 7.31. The average Bonchev–Trinajstić information content (AvgIpc) is 2.95. The molecule has 0 unspecified atom stereocenters.